The molecule has 0 bridgehead atoms. The number of para-hydroxylation sites is 1. The van der Waals surface area contributed by atoms with Crippen LogP contribution in [0.1, 0.15) is 22.8 Å². The SMILES string of the molecule is CCOC(=O)c1cccc(Nc2ccccc2C)c1. The van der Waals surface area contributed by atoms with Gasteiger partial charge in [0.05, 0.1) is 12.2 Å². The molecule has 0 saturated carbocycles. The first-order valence-corrected chi connectivity index (χ1v) is 6.30. The number of benzene rings is 2. The summed E-state index contributed by atoms with van der Waals surface area (Å²) in [5.41, 5.74) is 3.62. The van der Waals surface area contributed by atoms with Crippen LogP contribution in [0, 0.1) is 6.92 Å². The quantitative estimate of drug-likeness (QED) is 0.842. The van der Waals surface area contributed by atoms with Gasteiger partial charge in [-0.2, -0.15) is 0 Å². The number of aryl methyl sites for hydroxylation is 1. The number of ether oxygens (including phenoxy) is 1. The largest absolute Gasteiger partial charge is 0.462 e. The second-order valence-electron chi connectivity index (χ2n) is 4.24. The molecule has 1 N–H and O–H groups in total. The van der Waals surface area contributed by atoms with Crippen molar-refractivity contribution in [3.05, 3.63) is 59.7 Å². The lowest BCUT2D eigenvalue weighted by Crippen LogP contribution is -2.05. The van der Waals surface area contributed by atoms with E-state index < -0.39 is 0 Å². The van der Waals surface area contributed by atoms with Crippen molar-refractivity contribution in [3.8, 4) is 0 Å². The number of hydrogen-bond donors (Lipinski definition) is 1. The van der Waals surface area contributed by atoms with Crippen LogP contribution in [0.5, 0.6) is 0 Å². The third-order valence-corrected chi connectivity index (χ3v) is 2.80. The molecule has 0 aromatic heterocycles. The van der Waals surface area contributed by atoms with Crippen LogP contribution in [0.2, 0.25) is 0 Å². The van der Waals surface area contributed by atoms with E-state index in [-0.39, 0.29) is 5.97 Å². The maximum Gasteiger partial charge on any atom is 0.338 e. The van der Waals surface area contributed by atoms with E-state index in [0.29, 0.717) is 12.2 Å². The van der Waals surface area contributed by atoms with Gasteiger partial charge in [0.25, 0.3) is 0 Å². The number of hydrogen-bond acceptors (Lipinski definition) is 3. The molecule has 0 aliphatic heterocycles. The Morgan fingerprint density at radius 3 is 2.68 bits per heavy atom. The maximum atomic E-state index is 11.7. The minimum atomic E-state index is -0.295. The molecule has 0 unspecified atom stereocenters. The van der Waals surface area contributed by atoms with Gasteiger partial charge in [-0.1, -0.05) is 24.3 Å². The molecule has 0 atom stereocenters. The molecule has 98 valence electrons. The van der Waals surface area contributed by atoms with E-state index in [4.69, 9.17) is 4.74 Å². The van der Waals surface area contributed by atoms with Crippen LogP contribution in [-0.2, 0) is 4.74 Å². The van der Waals surface area contributed by atoms with Crippen LogP contribution >= 0.6 is 0 Å². The highest BCUT2D eigenvalue weighted by Crippen LogP contribution is 2.21. The predicted octanol–water partition coefficient (Wildman–Crippen LogP) is 3.92. The lowest BCUT2D eigenvalue weighted by atomic mass is 10.1. The smallest absolute Gasteiger partial charge is 0.338 e. The Labute approximate surface area is 113 Å². The number of carbonyl (C=O) groups excluding carboxylic acids is 1. The lowest BCUT2D eigenvalue weighted by Gasteiger charge is -2.10. The zero-order valence-electron chi connectivity index (χ0n) is 11.1. The number of nitrogens with one attached hydrogen (secondary N) is 1. The summed E-state index contributed by atoms with van der Waals surface area (Å²) in [7, 11) is 0. The molecular formula is C16H17NO2. The van der Waals surface area contributed by atoms with Crippen molar-refractivity contribution in [3.63, 3.8) is 0 Å². The van der Waals surface area contributed by atoms with Gasteiger partial charge in [0, 0.05) is 11.4 Å². The minimum Gasteiger partial charge on any atom is -0.462 e. The summed E-state index contributed by atoms with van der Waals surface area (Å²) >= 11 is 0. The zero-order chi connectivity index (χ0) is 13.7. The molecular weight excluding hydrogens is 238 g/mol. The van der Waals surface area contributed by atoms with E-state index in [2.05, 4.69) is 5.32 Å². The number of carbonyl (C=O) groups is 1. The van der Waals surface area contributed by atoms with E-state index in [9.17, 15) is 4.79 Å². The van der Waals surface area contributed by atoms with Gasteiger partial charge in [0.15, 0.2) is 0 Å². The number of anilines is 2. The first kappa shape index (κ1) is 13.1. The monoisotopic (exact) mass is 255 g/mol. The third-order valence-electron chi connectivity index (χ3n) is 2.80. The van der Waals surface area contributed by atoms with Gasteiger partial charge in [-0.25, -0.2) is 4.79 Å². The Morgan fingerprint density at radius 2 is 1.95 bits per heavy atom. The zero-order valence-corrected chi connectivity index (χ0v) is 11.1. The van der Waals surface area contributed by atoms with Crippen LogP contribution in [0.15, 0.2) is 48.5 Å². The summed E-state index contributed by atoms with van der Waals surface area (Å²) in [4.78, 5) is 11.7. The summed E-state index contributed by atoms with van der Waals surface area (Å²) < 4.78 is 4.99. The standard InChI is InChI=1S/C16H17NO2/c1-3-19-16(18)13-8-6-9-14(11-13)17-15-10-5-4-7-12(15)2/h4-11,17H,3H2,1-2H3. The second-order valence-corrected chi connectivity index (χ2v) is 4.24. The van der Waals surface area contributed by atoms with Crippen LogP contribution in [0.25, 0.3) is 0 Å². The Morgan fingerprint density at radius 1 is 1.16 bits per heavy atom. The van der Waals surface area contributed by atoms with Crippen LogP contribution in [0.3, 0.4) is 0 Å². The van der Waals surface area contributed by atoms with Crippen LogP contribution < -0.4 is 5.32 Å². The summed E-state index contributed by atoms with van der Waals surface area (Å²) in [5, 5.41) is 3.30. The van der Waals surface area contributed by atoms with Crippen molar-refractivity contribution in [2.75, 3.05) is 11.9 Å². The fourth-order valence-corrected chi connectivity index (χ4v) is 1.81. The normalized spacial score (nSPS) is 10.0. The fourth-order valence-electron chi connectivity index (χ4n) is 1.81. The molecule has 0 radical (unpaired) electrons. The van der Waals surface area contributed by atoms with E-state index in [1.54, 1.807) is 19.1 Å². The van der Waals surface area contributed by atoms with Crippen molar-refractivity contribution in [2.24, 2.45) is 0 Å². The Bertz CT molecular complexity index is 578. The highest BCUT2D eigenvalue weighted by atomic mass is 16.5. The van der Waals surface area contributed by atoms with Crippen LogP contribution in [-0.4, -0.2) is 12.6 Å². The van der Waals surface area contributed by atoms with E-state index in [1.807, 2.05) is 43.3 Å². The highest BCUT2D eigenvalue weighted by molar-refractivity contribution is 5.90. The van der Waals surface area contributed by atoms with Gasteiger partial charge in [0.2, 0.25) is 0 Å². The molecule has 2 aromatic carbocycles. The molecule has 0 amide bonds. The first-order valence-electron chi connectivity index (χ1n) is 6.30. The van der Waals surface area contributed by atoms with Gasteiger partial charge in [-0.05, 0) is 43.7 Å². The van der Waals surface area contributed by atoms with Gasteiger partial charge in [-0.15, -0.1) is 0 Å². The Hall–Kier alpha value is -2.29. The molecule has 0 aliphatic carbocycles. The molecule has 2 aromatic rings. The van der Waals surface area contributed by atoms with Crippen molar-refractivity contribution in [1.82, 2.24) is 0 Å². The van der Waals surface area contributed by atoms with Crippen molar-refractivity contribution >= 4 is 17.3 Å². The Kier molecular flexibility index (Phi) is 4.18. The molecule has 0 aliphatic rings. The summed E-state index contributed by atoms with van der Waals surface area (Å²) in [6, 6.07) is 15.3. The molecule has 0 spiro atoms. The molecule has 19 heavy (non-hydrogen) atoms. The summed E-state index contributed by atoms with van der Waals surface area (Å²) in [5.74, 6) is -0.295. The first-order chi connectivity index (χ1) is 9.20. The van der Waals surface area contributed by atoms with E-state index >= 15 is 0 Å². The fraction of sp³-hybridized carbons (Fsp3) is 0.188. The number of rotatable bonds is 4. The van der Waals surface area contributed by atoms with Gasteiger partial charge >= 0.3 is 5.97 Å². The second kappa shape index (κ2) is 6.05. The molecule has 3 nitrogen and oxygen atoms in total. The topological polar surface area (TPSA) is 38.3 Å². The molecule has 0 heterocycles. The molecule has 2 rings (SSSR count). The minimum absolute atomic E-state index is 0.295. The van der Waals surface area contributed by atoms with Gasteiger partial charge in [0.1, 0.15) is 0 Å². The molecule has 0 fully saturated rings. The molecule has 3 heteroatoms. The van der Waals surface area contributed by atoms with Crippen molar-refractivity contribution in [2.45, 2.75) is 13.8 Å². The lowest BCUT2D eigenvalue weighted by molar-refractivity contribution is 0.0526. The average Bonchev–Trinajstić information content (AvgIpc) is 2.42. The summed E-state index contributed by atoms with van der Waals surface area (Å²) in [6.07, 6.45) is 0. The van der Waals surface area contributed by atoms with Gasteiger partial charge < -0.3 is 10.1 Å². The Balaban J connectivity index is 2.20. The van der Waals surface area contributed by atoms with Crippen molar-refractivity contribution in [1.29, 1.82) is 0 Å². The summed E-state index contributed by atoms with van der Waals surface area (Å²) in [6.45, 7) is 4.22. The maximum absolute atomic E-state index is 11.7. The molecule has 0 saturated heterocycles. The highest BCUT2D eigenvalue weighted by Gasteiger charge is 2.07. The van der Waals surface area contributed by atoms with Crippen molar-refractivity contribution < 1.29 is 9.53 Å². The number of esters is 1. The predicted molar refractivity (Wildman–Crippen MR) is 76.9 cm³/mol. The van der Waals surface area contributed by atoms with Crippen LogP contribution in [0.4, 0.5) is 11.4 Å². The van der Waals surface area contributed by atoms with Gasteiger partial charge in [-0.3, -0.25) is 0 Å². The van der Waals surface area contributed by atoms with E-state index in [0.717, 1.165) is 16.9 Å². The third kappa shape index (κ3) is 3.35. The average molecular weight is 255 g/mol. The van der Waals surface area contributed by atoms with E-state index in [1.165, 1.54) is 0 Å².